The topological polar surface area (TPSA) is 56.8 Å². The Morgan fingerprint density at radius 2 is 1.62 bits per heavy atom. The molecule has 2 aromatic carbocycles. The van der Waals surface area contributed by atoms with Crippen molar-refractivity contribution in [2.45, 2.75) is 12.3 Å². The van der Waals surface area contributed by atoms with Crippen LogP contribution in [0.25, 0.3) is 0 Å². The lowest BCUT2D eigenvalue weighted by molar-refractivity contribution is -0.116. The zero-order valence-corrected chi connectivity index (χ0v) is 14.4. The van der Waals surface area contributed by atoms with Crippen molar-refractivity contribution in [3.8, 4) is 17.2 Å². The maximum Gasteiger partial charge on any atom is 0.225 e. The highest BCUT2D eigenvalue weighted by Gasteiger charge is 2.30. The molecule has 1 atom stereocenters. The van der Waals surface area contributed by atoms with Gasteiger partial charge in [-0.1, -0.05) is 11.6 Å². The van der Waals surface area contributed by atoms with E-state index in [1.54, 1.807) is 33.5 Å². The number of carbonyl (C=O) groups is 1. The number of amides is 1. The quantitative estimate of drug-likeness (QED) is 0.913. The molecule has 1 heterocycles. The molecule has 0 bridgehead atoms. The molecule has 1 aliphatic rings. The van der Waals surface area contributed by atoms with Gasteiger partial charge in [-0.2, -0.15) is 0 Å². The molecule has 6 heteroatoms. The summed E-state index contributed by atoms with van der Waals surface area (Å²) in [4.78, 5) is 12.2. The van der Waals surface area contributed by atoms with Crippen LogP contribution in [0, 0.1) is 0 Å². The molecular formula is C18H18ClNO4. The summed E-state index contributed by atoms with van der Waals surface area (Å²) < 4.78 is 16.2. The minimum absolute atomic E-state index is 0.0678. The van der Waals surface area contributed by atoms with Gasteiger partial charge in [0.2, 0.25) is 5.91 Å². The predicted molar refractivity (Wildman–Crippen MR) is 92.6 cm³/mol. The van der Waals surface area contributed by atoms with Gasteiger partial charge >= 0.3 is 0 Å². The zero-order valence-electron chi connectivity index (χ0n) is 13.7. The molecule has 0 spiro atoms. The Bertz CT molecular complexity index is 791. The Balaban J connectivity index is 2.18. The summed E-state index contributed by atoms with van der Waals surface area (Å²) in [5.74, 6) is 1.62. The number of benzene rings is 2. The molecule has 0 aliphatic carbocycles. The van der Waals surface area contributed by atoms with Crippen LogP contribution in [0.3, 0.4) is 0 Å². The fraction of sp³-hybridized carbons (Fsp3) is 0.278. The van der Waals surface area contributed by atoms with Gasteiger partial charge in [0.25, 0.3) is 0 Å². The lowest BCUT2D eigenvalue weighted by Gasteiger charge is -2.28. The van der Waals surface area contributed by atoms with Gasteiger partial charge in [-0.15, -0.1) is 0 Å². The number of anilines is 1. The van der Waals surface area contributed by atoms with Gasteiger partial charge in [0.1, 0.15) is 5.75 Å². The van der Waals surface area contributed by atoms with Crippen molar-refractivity contribution < 1.29 is 19.0 Å². The largest absolute Gasteiger partial charge is 0.496 e. The van der Waals surface area contributed by atoms with Crippen molar-refractivity contribution in [2.24, 2.45) is 0 Å². The fourth-order valence-corrected chi connectivity index (χ4v) is 3.22. The number of hydrogen-bond donors (Lipinski definition) is 1. The fourth-order valence-electron chi connectivity index (χ4n) is 3.04. The Kier molecular flexibility index (Phi) is 4.53. The summed E-state index contributed by atoms with van der Waals surface area (Å²) >= 11 is 6.16. The van der Waals surface area contributed by atoms with Gasteiger partial charge in [0.05, 0.1) is 21.3 Å². The first-order chi connectivity index (χ1) is 11.6. The van der Waals surface area contributed by atoms with Crippen molar-refractivity contribution in [1.29, 1.82) is 0 Å². The van der Waals surface area contributed by atoms with E-state index in [1.165, 1.54) is 0 Å². The molecule has 5 nitrogen and oxygen atoms in total. The molecular weight excluding hydrogens is 330 g/mol. The van der Waals surface area contributed by atoms with Gasteiger partial charge in [-0.05, 0) is 29.8 Å². The third-order valence-electron chi connectivity index (χ3n) is 4.16. The smallest absolute Gasteiger partial charge is 0.225 e. The summed E-state index contributed by atoms with van der Waals surface area (Å²) in [5, 5.41) is 3.49. The molecule has 1 N–H and O–H groups in total. The van der Waals surface area contributed by atoms with Gasteiger partial charge in [-0.3, -0.25) is 4.79 Å². The highest BCUT2D eigenvalue weighted by Crippen LogP contribution is 2.45. The zero-order chi connectivity index (χ0) is 17.3. The first-order valence-corrected chi connectivity index (χ1v) is 7.84. The number of rotatable bonds is 4. The van der Waals surface area contributed by atoms with E-state index >= 15 is 0 Å². The van der Waals surface area contributed by atoms with Crippen LogP contribution in [0.1, 0.15) is 23.5 Å². The summed E-state index contributed by atoms with van der Waals surface area (Å²) in [7, 11) is 4.75. The van der Waals surface area contributed by atoms with E-state index in [1.807, 2.05) is 18.2 Å². The number of fused-ring (bicyclic) bond motifs is 1. The maximum absolute atomic E-state index is 12.2. The van der Waals surface area contributed by atoms with Crippen LogP contribution in [0.2, 0.25) is 5.02 Å². The SMILES string of the molecule is COc1cc2c(cc1OC)[C@@H](c1cc(Cl)ccc1OC)CC(=O)N2. The van der Waals surface area contributed by atoms with Gasteiger partial charge in [-0.25, -0.2) is 0 Å². The van der Waals surface area contributed by atoms with Crippen molar-refractivity contribution >= 4 is 23.2 Å². The van der Waals surface area contributed by atoms with Crippen LogP contribution in [-0.2, 0) is 4.79 Å². The second kappa shape index (κ2) is 6.61. The number of ether oxygens (including phenoxy) is 3. The van der Waals surface area contributed by atoms with E-state index in [0.717, 1.165) is 11.1 Å². The van der Waals surface area contributed by atoms with E-state index in [9.17, 15) is 4.79 Å². The van der Waals surface area contributed by atoms with Crippen LogP contribution >= 0.6 is 11.6 Å². The molecule has 0 radical (unpaired) electrons. The molecule has 0 aromatic heterocycles. The molecule has 1 aliphatic heterocycles. The van der Waals surface area contributed by atoms with E-state index in [-0.39, 0.29) is 11.8 Å². The Morgan fingerprint density at radius 1 is 0.958 bits per heavy atom. The third kappa shape index (κ3) is 2.87. The first-order valence-electron chi connectivity index (χ1n) is 7.46. The van der Waals surface area contributed by atoms with Gasteiger partial charge in [0, 0.05) is 34.7 Å². The number of halogens is 1. The van der Waals surface area contributed by atoms with Crippen molar-refractivity contribution in [2.75, 3.05) is 26.6 Å². The Morgan fingerprint density at radius 3 is 2.29 bits per heavy atom. The summed E-state index contributed by atoms with van der Waals surface area (Å²) in [5.41, 5.74) is 2.51. The van der Waals surface area contributed by atoms with E-state index in [2.05, 4.69) is 5.32 Å². The molecule has 0 saturated heterocycles. The summed E-state index contributed by atoms with van der Waals surface area (Å²) in [6.45, 7) is 0. The molecule has 0 fully saturated rings. The number of methoxy groups -OCH3 is 3. The number of nitrogens with one attached hydrogen (secondary N) is 1. The van der Waals surface area contributed by atoms with Gasteiger partial charge < -0.3 is 19.5 Å². The Labute approximate surface area is 145 Å². The van der Waals surface area contributed by atoms with Crippen molar-refractivity contribution in [3.63, 3.8) is 0 Å². The highest BCUT2D eigenvalue weighted by molar-refractivity contribution is 6.30. The lowest BCUT2D eigenvalue weighted by Crippen LogP contribution is -2.24. The second-order valence-corrected chi connectivity index (χ2v) is 5.92. The molecule has 2 aromatic rings. The molecule has 0 saturated carbocycles. The van der Waals surface area contributed by atoms with Crippen LogP contribution in [-0.4, -0.2) is 27.2 Å². The van der Waals surface area contributed by atoms with Crippen LogP contribution < -0.4 is 19.5 Å². The van der Waals surface area contributed by atoms with Crippen LogP contribution in [0.4, 0.5) is 5.69 Å². The summed E-state index contributed by atoms with van der Waals surface area (Å²) in [6, 6.07) is 9.07. The van der Waals surface area contributed by atoms with E-state index in [0.29, 0.717) is 34.4 Å². The minimum atomic E-state index is -0.179. The van der Waals surface area contributed by atoms with Gasteiger partial charge in [0.15, 0.2) is 11.5 Å². The van der Waals surface area contributed by atoms with E-state index < -0.39 is 0 Å². The van der Waals surface area contributed by atoms with Crippen LogP contribution in [0.15, 0.2) is 30.3 Å². The average Bonchev–Trinajstić information content (AvgIpc) is 2.59. The molecule has 126 valence electrons. The lowest BCUT2D eigenvalue weighted by atomic mass is 9.84. The Hall–Kier alpha value is -2.40. The van der Waals surface area contributed by atoms with Crippen molar-refractivity contribution in [1.82, 2.24) is 0 Å². The molecule has 1 amide bonds. The third-order valence-corrected chi connectivity index (χ3v) is 4.40. The monoisotopic (exact) mass is 347 g/mol. The predicted octanol–water partition coefficient (Wildman–Crippen LogP) is 3.84. The minimum Gasteiger partial charge on any atom is -0.496 e. The molecule has 24 heavy (non-hydrogen) atoms. The number of hydrogen-bond acceptors (Lipinski definition) is 4. The first kappa shape index (κ1) is 16.5. The highest BCUT2D eigenvalue weighted by atomic mass is 35.5. The molecule has 0 unspecified atom stereocenters. The van der Waals surface area contributed by atoms with Crippen LogP contribution in [0.5, 0.6) is 17.2 Å². The standard InChI is InChI=1S/C18H18ClNO4/c1-22-15-5-4-10(19)6-13(15)11-8-18(21)20-14-9-17(24-3)16(23-2)7-12(11)14/h4-7,9,11H,8H2,1-3H3,(H,20,21)/t11-/m0/s1. The van der Waals surface area contributed by atoms with Crippen molar-refractivity contribution in [3.05, 3.63) is 46.5 Å². The number of carbonyl (C=O) groups excluding carboxylic acids is 1. The normalized spacial score (nSPS) is 16.2. The maximum atomic E-state index is 12.2. The second-order valence-electron chi connectivity index (χ2n) is 5.49. The average molecular weight is 348 g/mol. The summed E-state index contributed by atoms with van der Waals surface area (Å²) in [6.07, 6.45) is 0.305. The van der Waals surface area contributed by atoms with E-state index in [4.69, 9.17) is 25.8 Å². The molecule has 3 rings (SSSR count).